The summed E-state index contributed by atoms with van der Waals surface area (Å²) in [4.78, 5) is 59.3. The van der Waals surface area contributed by atoms with Crippen molar-refractivity contribution in [2.45, 2.75) is 37.1 Å². The second-order valence-corrected chi connectivity index (χ2v) is 9.79. The molecule has 1 aliphatic heterocycles. The van der Waals surface area contributed by atoms with E-state index < -0.39 is 59.9 Å². The highest BCUT2D eigenvalue weighted by Crippen LogP contribution is 2.50. The average Bonchev–Trinajstić information content (AvgIpc) is 3.24. The molecule has 0 bridgehead atoms. The van der Waals surface area contributed by atoms with Gasteiger partial charge in [-0.15, -0.1) is 0 Å². The van der Waals surface area contributed by atoms with Gasteiger partial charge in [-0.05, 0) is 18.9 Å². The van der Waals surface area contributed by atoms with E-state index in [9.17, 15) is 38.1 Å². The Balaban J connectivity index is 1.69. The summed E-state index contributed by atoms with van der Waals surface area (Å²) in [5.74, 6) is -4.15. The lowest BCUT2D eigenvalue weighted by molar-refractivity contribution is 0.0403. The highest BCUT2D eigenvalue weighted by molar-refractivity contribution is 7.45. The predicted octanol–water partition coefficient (Wildman–Crippen LogP) is 0.961. The minimum atomic E-state index is -2.22. The Morgan fingerprint density at radius 1 is 1.26 bits per heavy atom. The number of nitrogens with one attached hydrogen (secondary N) is 1. The van der Waals surface area contributed by atoms with Crippen molar-refractivity contribution in [2.75, 3.05) is 19.1 Å². The summed E-state index contributed by atoms with van der Waals surface area (Å²) < 4.78 is 28.2. The van der Waals surface area contributed by atoms with E-state index in [-0.39, 0.29) is 24.2 Å². The van der Waals surface area contributed by atoms with Crippen LogP contribution in [0.15, 0.2) is 29.2 Å². The number of hydrogen-bond acceptors (Lipinski definition) is 7. The smallest absolute Gasteiger partial charge is 0.278 e. The van der Waals surface area contributed by atoms with Crippen LogP contribution in [-0.4, -0.2) is 61.7 Å². The molecule has 2 atom stereocenters. The van der Waals surface area contributed by atoms with Crippen LogP contribution in [0.2, 0.25) is 0 Å². The first kappa shape index (κ1) is 24.1. The van der Waals surface area contributed by atoms with E-state index in [0.717, 1.165) is 18.3 Å². The summed E-state index contributed by atoms with van der Waals surface area (Å²) in [6.45, 7) is -0.341. The van der Waals surface area contributed by atoms with Crippen LogP contribution in [-0.2, 0) is 6.54 Å². The zero-order valence-corrected chi connectivity index (χ0v) is 19.2. The van der Waals surface area contributed by atoms with E-state index >= 15 is 0 Å². The minimum absolute atomic E-state index is 0.00795. The van der Waals surface area contributed by atoms with Crippen LogP contribution in [0.1, 0.15) is 45.7 Å². The highest BCUT2D eigenvalue weighted by Gasteiger charge is 2.53. The lowest BCUT2D eigenvalue weighted by Gasteiger charge is -2.51. The number of amides is 2. The monoisotopic (exact) mass is 496 g/mol. The van der Waals surface area contributed by atoms with Gasteiger partial charge < -0.3 is 25.1 Å². The van der Waals surface area contributed by atoms with Crippen molar-refractivity contribution < 1.29 is 33.3 Å². The number of fused-ring (bicyclic) bond motifs is 1. The van der Waals surface area contributed by atoms with Gasteiger partial charge in [0.15, 0.2) is 19.8 Å². The van der Waals surface area contributed by atoms with Gasteiger partial charge in [-0.3, -0.25) is 24.1 Å². The third-order valence-electron chi connectivity index (χ3n) is 6.69. The van der Waals surface area contributed by atoms with Gasteiger partial charge in [0.2, 0.25) is 5.43 Å². The maximum atomic E-state index is 13.9. The van der Waals surface area contributed by atoms with Crippen molar-refractivity contribution in [2.24, 2.45) is 0 Å². The summed E-state index contributed by atoms with van der Waals surface area (Å²) in [6.07, 6.45) is 2.20. The first-order valence-electron chi connectivity index (χ1n) is 10.4. The molecule has 2 amide bonds. The van der Waals surface area contributed by atoms with Gasteiger partial charge >= 0.3 is 0 Å². The molecular weight excluding hydrogens is 473 g/mol. The Morgan fingerprint density at radius 2 is 1.97 bits per heavy atom. The van der Waals surface area contributed by atoms with E-state index in [0.29, 0.717) is 18.9 Å². The third kappa shape index (κ3) is 3.71. The van der Waals surface area contributed by atoms with Gasteiger partial charge in [-0.2, -0.15) is 0 Å². The topological polar surface area (TPSA) is 135 Å². The molecule has 4 rings (SSSR count). The Labute approximate surface area is 193 Å². The second kappa shape index (κ2) is 8.61. The fraction of sp³-hybridized carbons (Fsp3) is 0.381. The Kier molecular flexibility index (Phi) is 6.09. The number of benzene rings is 1. The fourth-order valence-corrected chi connectivity index (χ4v) is 5.48. The molecule has 1 fully saturated rings. The van der Waals surface area contributed by atoms with Crippen molar-refractivity contribution in [3.05, 3.63) is 63.1 Å². The van der Waals surface area contributed by atoms with Crippen molar-refractivity contribution in [1.29, 1.82) is 0 Å². The first-order chi connectivity index (χ1) is 16.0. The molecule has 0 radical (unpaired) electrons. The summed E-state index contributed by atoms with van der Waals surface area (Å²) in [5.41, 5.74) is -3.30. The fourth-order valence-electron chi connectivity index (χ4n) is 4.66. The summed E-state index contributed by atoms with van der Waals surface area (Å²) >= 11 is 0. The second-order valence-electron chi connectivity index (χ2n) is 8.42. The number of halogens is 2. The van der Waals surface area contributed by atoms with Crippen molar-refractivity contribution in [3.8, 4) is 5.75 Å². The molecule has 1 aromatic carbocycles. The maximum absolute atomic E-state index is 13.9. The van der Waals surface area contributed by atoms with Crippen LogP contribution in [0, 0.1) is 11.6 Å². The molecule has 2 aromatic rings. The number of nitrogens with zero attached hydrogens (tertiary/aromatic N) is 3. The molecule has 2 unspecified atom stereocenters. The molecule has 1 aromatic heterocycles. The van der Waals surface area contributed by atoms with Crippen LogP contribution in [0.25, 0.3) is 0 Å². The number of rotatable bonds is 4. The normalized spacial score (nSPS) is 22.0. The molecular formula is C21H23F2N4O6P. The molecule has 2 aliphatic rings. The lowest BCUT2D eigenvalue weighted by atomic mass is 10.0. The summed E-state index contributed by atoms with van der Waals surface area (Å²) in [5, 5.41) is 14.5. The quantitative estimate of drug-likeness (QED) is 0.463. The molecule has 10 nitrogen and oxygen atoms in total. The zero-order chi connectivity index (χ0) is 24.9. The molecule has 34 heavy (non-hydrogen) atoms. The SMILES string of the molecule is CN1C(=O)c2c(O)c(=O)c(C(=O)NCc3ccc(F)cc3F)cn2N(C)C12CCC(P(O)O)C2. The van der Waals surface area contributed by atoms with Crippen molar-refractivity contribution >= 4 is 20.2 Å². The molecule has 13 heteroatoms. The number of carbonyl (C=O) groups excluding carboxylic acids is 2. The van der Waals surface area contributed by atoms with E-state index in [4.69, 9.17) is 0 Å². The van der Waals surface area contributed by atoms with Gasteiger partial charge in [0.25, 0.3) is 11.8 Å². The highest BCUT2D eigenvalue weighted by atomic mass is 31.2. The van der Waals surface area contributed by atoms with E-state index in [1.54, 1.807) is 12.1 Å². The lowest BCUT2D eigenvalue weighted by Crippen LogP contribution is -2.67. The number of aromatic nitrogens is 1. The number of aromatic hydroxyl groups is 1. The van der Waals surface area contributed by atoms with E-state index in [1.165, 1.54) is 16.6 Å². The van der Waals surface area contributed by atoms with Gasteiger partial charge in [-0.25, -0.2) is 8.78 Å². The molecule has 1 spiro atoms. The number of hydrogen-bond donors (Lipinski definition) is 4. The maximum Gasteiger partial charge on any atom is 0.278 e. The van der Waals surface area contributed by atoms with Crippen molar-refractivity contribution in [1.82, 2.24) is 14.9 Å². The van der Waals surface area contributed by atoms with Crippen molar-refractivity contribution in [3.63, 3.8) is 0 Å². The summed E-state index contributed by atoms with van der Waals surface area (Å²) in [6, 6.07) is 2.85. The Hall–Kier alpha value is -3.08. The largest absolute Gasteiger partial charge is 0.502 e. The van der Waals surface area contributed by atoms with E-state index in [1.807, 2.05) is 0 Å². The molecule has 1 saturated carbocycles. The van der Waals surface area contributed by atoms with Crippen LogP contribution < -0.4 is 15.8 Å². The Bertz CT molecular complexity index is 1240. The Morgan fingerprint density at radius 3 is 2.59 bits per heavy atom. The van der Waals surface area contributed by atoms with Gasteiger partial charge in [0.05, 0.1) is 0 Å². The standard InChI is InChI=1S/C21H23F2N4O6P/c1-25-20(31)16-18(29)17(28)14(19(30)24-9-11-3-4-12(22)7-15(11)23)10-27(16)26(2)21(25)6-5-13(8-21)34(32)33/h3-4,7,10,13,29,32-33H,5-6,8-9H2,1-2H3,(H,24,30). The van der Waals surface area contributed by atoms with Gasteiger partial charge in [0.1, 0.15) is 22.9 Å². The summed E-state index contributed by atoms with van der Waals surface area (Å²) in [7, 11) is 0.883. The molecule has 182 valence electrons. The molecule has 4 N–H and O–H groups in total. The minimum Gasteiger partial charge on any atom is -0.502 e. The van der Waals surface area contributed by atoms with Gasteiger partial charge in [0, 0.05) is 50.5 Å². The molecule has 1 aliphatic carbocycles. The molecule has 2 heterocycles. The first-order valence-corrected chi connectivity index (χ1v) is 11.7. The van der Waals surface area contributed by atoms with Crippen LogP contribution in [0.3, 0.4) is 0 Å². The third-order valence-corrected chi connectivity index (χ3v) is 7.78. The van der Waals surface area contributed by atoms with Crippen LogP contribution in [0.5, 0.6) is 5.75 Å². The molecule has 0 saturated heterocycles. The average molecular weight is 496 g/mol. The van der Waals surface area contributed by atoms with E-state index in [2.05, 4.69) is 5.32 Å². The predicted molar refractivity (Wildman–Crippen MR) is 118 cm³/mol. The van der Waals surface area contributed by atoms with Gasteiger partial charge in [-0.1, -0.05) is 6.07 Å². The van der Waals surface area contributed by atoms with Crippen LogP contribution >= 0.6 is 8.38 Å². The number of carbonyl (C=O) groups is 2. The van der Waals surface area contributed by atoms with Crippen LogP contribution in [0.4, 0.5) is 8.78 Å². The zero-order valence-electron chi connectivity index (χ0n) is 18.3. The number of pyridine rings is 1.